The Bertz CT molecular complexity index is 3250. The summed E-state index contributed by atoms with van der Waals surface area (Å²) in [5.41, 5.74) is 10.6. The van der Waals surface area contributed by atoms with E-state index in [-0.39, 0.29) is 0 Å². The van der Waals surface area contributed by atoms with Crippen LogP contribution in [0.15, 0.2) is 200 Å². The Kier molecular flexibility index (Phi) is 7.17. The summed E-state index contributed by atoms with van der Waals surface area (Å²) in [7, 11) is 0. The van der Waals surface area contributed by atoms with E-state index in [1.807, 2.05) is 0 Å². The highest BCUT2D eigenvalue weighted by molar-refractivity contribution is 6.20. The molecule has 3 nitrogen and oxygen atoms in total. The molecule has 0 spiro atoms. The van der Waals surface area contributed by atoms with Crippen molar-refractivity contribution < 1.29 is 0 Å². The van der Waals surface area contributed by atoms with Crippen LogP contribution in [0, 0.1) is 0 Å². The third kappa shape index (κ3) is 5.05. The van der Waals surface area contributed by atoms with Crippen molar-refractivity contribution in [2.45, 2.75) is 0 Å². The molecule has 0 saturated carbocycles. The van der Waals surface area contributed by atoms with Gasteiger partial charge in [0, 0.05) is 33.2 Å². The SMILES string of the molecule is c1ccc(-c2ccccc2-c2cc(-c3cccc4c3c3ccccc3n4-c3ccccc3)nc(-c3c4ccccc4cc4c3ccc3ccccc34)n2)cc1. The Labute approximate surface area is 318 Å². The molecule has 0 N–H and O–H groups in total. The molecule has 0 amide bonds. The van der Waals surface area contributed by atoms with Crippen molar-refractivity contribution in [3.8, 4) is 50.7 Å². The lowest BCUT2D eigenvalue weighted by molar-refractivity contribution is 1.18. The van der Waals surface area contributed by atoms with E-state index in [1.165, 1.54) is 26.9 Å². The molecule has 2 heterocycles. The van der Waals surface area contributed by atoms with E-state index in [4.69, 9.17) is 9.97 Å². The Morgan fingerprint density at radius 1 is 0.345 bits per heavy atom. The lowest BCUT2D eigenvalue weighted by Gasteiger charge is -2.16. The average molecular weight is 700 g/mol. The van der Waals surface area contributed by atoms with Gasteiger partial charge in [0.05, 0.1) is 22.4 Å². The number of hydrogen-bond acceptors (Lipinski definition) is 2. The molecule has 11 aromatic rings. The minimum atomic E-state index is 0.705. The number of rotatable bonds is 5. The molecule has 0 unspecified atom stereocenters. The third-order valence-electron chi connectivity index (χ3n) is 11.0. The van der Waals surface area contributed by atoms with Crippen molar-refractivity contribution in [1.82, 2.24) is 14.5 Å². The highest BCUT2D eigenvalue weighted by Gasteiger charge is 2.21. The van der Waals surface area contributed by atoms with Crippen LogP contribution in [0.5, 0.6) is 0 Å². The molecule has 0 saturated heterocycles. The highest BCUT2D eigenvalue weighted by Crippen LogP contribution is 2.43. The second-order valence-corrected chi connectivity index (χ2v) is 14.1. The first kappa shape index (κ1) is 31.2. The lowest BCUT2D eigenvalue weighted by Crippen LogP contribution is -1.99. The van der Waals surface area contributed by atoms with E-state index in [1.54, 1.807) is 0 Å². The number of hydrogen-bond donors (Lipinski definition) is 0. The van der Waals surface area contributed by atoms with Gasteiger partial charge in [-0.05, 0) is 79.8 Å². The minimum Gasteiger partial charge on any atom is -0.309 e. The highest BCUT2D eigenvalue weighted by atomic mass is 15.0. The molecule has 3 heteroatoms. The summed E-state index contributed by atoms with van der Waals surface area (Å²) < 4.78 is 2.37. The zero-order valence-electron chi connectivity index (χ0n) is 29.9. The van der Waals surface area contributed by atoms with Crippen molar-refractivity contribution in [3.05, 3.63) is 200 Å². The molecule has 0 atom stereocenters. The lowest BCUT2D eigenvalue weighted by atomic mass is 9.92. The van der Waals surface area contributed by atoms with Crippen LogP contribution in [0.3, 0.4) is 0 Å². The number of nitrogens with zero attached hydrogens (tertiary/aromatic N) is 3. The zero-order valence-corrected chi connectivity index (χ0v) is 29.9. The summed E-state index contributed by atoms with van der Waals surface area (Å²) in [5, 5.41) is 9.41. The fourth-order valence-corrected chi connectivity index (χ4v) is 8.56. The molecule has 0 bridgehead atoms. The monoisotopic (exact) mass is 699 g/mol. The van der Waals surface area contributed by atoms with Crippen LogP contribution in [-0.4, -0.2) is 14.5 Å². The Morgan fingerprint density at radius 2 is 0.945 bits per heavy atom. The van der Waals surface area contributed by atoms with Crippen LogP contribution in [0.25, 0.3) is 105 Å². The van der Waals surface area contributed by atoms with Crippen molar-refractivity contribution in [2.75, 3.05) is 0 Å². The maximum absolute atomic E-state index is 5.60. The van der Waals surface area contributed by atoms with E-state index in [2.05, 4.69) is 205 Å². The molecular weight excluding hydrogens is 667 g/mol. The average Bonchev–Trinajstić information content (AvgIpc) is 3.60. The van der Waals surface area contributed by atoms with Gasteiger partial charge >= 0.3 is 0 Å². The largest absolute Gasteiger partial charge is 0.309 e. The maximum Gasteiger partial charge on any atom is 0.161 e. The van der Waals surface area contributed by atoms with Crippen LogP contribution < -0.4 is 0 Å². The molecule has 0 fully saturated rings. The summed E-state index contributed by atoms with van der Waals surface area (Å²) in [4.78, 5) is 11.1. The first-order chi connectivity index (χ1) is 27.3. The molecule has 11 rings (SSSR count). The van der Waals surface area contributed by atoms with Gasteiger partial charge in [0.25, 0.3) is 0 Å². The topological polar surface area (TPSA) is 30.7 Å². The fourth-order valence-electron chi connectivity index (χ4n) is 8.56. The van der Waals surface area contributed by atoms with Crippen LogP contribution in [0.2, 0.25) is 0 Å². The number of benzene rings is 9. The molecular formula is C52H33N3. The second kappa shape index (κ2) is 12.6. The molecule has 0 radical (unpaired) electrons. The van der Waals surface area contributed by atoms with Gasteiger partial charge in [0.2, 0.25) is 0 Å². The van der Waals surface area contributed by atoms with Crippen molar-refractivity contribution in [1.29, 1.82) is 0 Å². The Balaban J connectivity index is 1.27. The van der Waals surface area contributed by atoms with Crippen LogP contribution in [-0.2, 0) is 0 Å². The number of fused-ring (bicyclic) bond motifs is 7. The molecule has 55 heavy (non-hydrogen) atoms. The van der Waals surface area contributed by atoms with Gasteiger partial charge < -0.3 is 4.57 Å². The molecule has 0 aliphatic carbocycles. The third-order valence-corrected chi connectivity index (χ3v) is 11.0. The summed E-state index contributed by atoms with van der Waals surface area (Å²) in [6.07, 6.45) is 0. The standard InChI is InChI=1S/C52H33N3/c1-3-16-34(17-4-1)38-22-11-12-25-41(38)46-33-47(43-27-15-29-49-50(43)44-26-13-14-28-48(44)55(49)37-20-5-2-6-21-37)54-52(53-46)51-40-24-10-8-19-36(40)32-45-39-23-9-7-18-35(39)30-31-42(45)51/h1-33H. The maximum atomic E-state index is 5.60. The van der Waals surface area contributed by atoms with Gasteiger partial charge in [-0.25, -0.2) is 9.97 Å². The quantitative estimate of drug-likeness (QED) is 0.132. The van der Waals surface area contributed by atoms with E-state index >= 15 is 0 Å². The summed E-state index contributed by atoms with van der Waals surface area (Å²) in [6.45, 7) is 0. The van der Waals surface area contributed by atoms with Crippen molar-refractivity contribution in [3.63, 3.8) is 0 Å². The predicted molar refractivity (Wildman–Crippen MR) is 231 cm³/mol. The first-order valence-corrected chi connectivity index (χ1v) is 18.8. The van der Waals surface area contributed by atoms with Crippen molar-refractivity contribution in [2.24, 2.45) is 0 Å². The van der Waals surface area contributed by atoms with Gasteiger partial charge in [-0.3, -0.25) is 0 Å². The Hall–Kier alpha value is -7.36. The number of para-hydroxylation sites is 2. The smallest absolute Gasteiger partial charge is 0.161 e. The Morgan fingerprint density at radius 3 is 1.76 bits per heavy atom. The predicted octanol–water partition coefficient (Wildman–Crippen LogP) is 13.7. The normalized spacial score (nSPS) is 11.6. The van der Waals surface area contributed by atoms with Gasteiger partial charge in [0.15, 0.2) is 5.82 Å². The zero-order chi connectivity index (χ0) is 36.3. The molecule has 9 aromatic carbocycles. The van der Waals surface area contributed by atoms with Crippen LogP contribution >= 0.6 is 0 Å². The van der Waals surface area contributed by atoms with Gasteiger partial charge in [-0.2, -0.15) is 0 Å². The van der Waals surface area contributed by atoms with E-state index < -0.39 is 0 Å². The van der Waals surface area contributed by atoms with E-state index in [0.29, 0.717) is 5.82 Å². The second-order valence-electron chi connectivity index (χ2n) is 14.1. The van der Waals surface area contributed by atoms with Gasteiger partial charge in [-0.15, -0.1) is 0 Å². The van der Waals surface area contributed by atoms with Crippen molar-refractivity contribution >= 4 is 54.1 Å². The van der Waals surface area contributed by atoms with E-state index in [9.17, 15) is 0 Å². The molecule has 256 valence electrons. The molecule has 0 aliphatic heterocycles. The molecule has 0 aliphatic rings. The number of aromatic nitrogens is 3. The summed E-state index contributed by atoms with van der Waals surface area (Å²) >= 11 is 0. The van der Waals surface area contributed by atoms with E-state index in [0.717, 1.165) is 72.1 Å². The summed E-state index contributed by atoms with van der Waals surface area (Å²) in [6, 6.07) is 71.4. The first-order valence-electron chi connectivity index (χ1n) is 18.8. The van der Waals surface area contributed by atoms with Crippen LogP contribution in [0.1, 0.15) is 0 Å². The minimum absolute atomic E-state index is 0.705. The van der Waals surface area contributed by atoms with Gasteiger partial charge in [0.1, 0.15) is 0 Å². The summed E-state index contributed by atoms with van der Waals surface area (Å²) in [5.74, 6) is 0.705. The molecule has 2 aromatic heterocycles. The van der Waals surface area contributed by atoms with Crippen LogP contribution in [0.4, 0.5) is 0 Å². The fraction of sp³-hybridized carbons (Fsp3) is 0. The van der Waals surface area contributed by atoms with Gasteiger partial charge in [-0.1, -0.05) is 164 Å².